The van der Waals surface area contributed by atoms with Crippen LogP contribution in [0.4, 0.5) is 4.79 Å². The first-order chi connectivity index (χ1) is 8.75. The van der Waals surface area contributed by atoms with Gasteiger partial charge in [-0.2, -0.15) is 0 Å². The number of hydrogen-bond acceptors (Lipinski definition) is 4. The molecule has 0 atom stereocenters. The number of amides is 2. The van der Waals surface area contributed by atoms with Crippen LogP contribution in [0.2, 0.25) is 0 Å². The molecule has 0 aliphatic carbocycles. The van der Waals surface area contributed by atoms with E-state index in [1.54, 1.807) is 11.3 Å². The first-order valence-corrected chi connectivity index (χ1v) is 6.79. The SMILES string of the molecule is Cc1nc(CCNC(=O)N(C)C(C)(C)C(=O)O)cs1. The highest BCUT2D eigenvalue weighted by Gasteiger charge is 2.35. The van der Waals surface area contributed by atoms with Crippen LogP contribution < -0.4 is 5.32 Å². The van der Waals surface area contributed by atoms with Gasteiger partial charge in [0.15, 0.2) is 0 Å². The minimum atomic E-state index is -1.23. The van der Waals surface area contributed by atoms with Crippen LogP contribution in [0.15, 0.2) is 5.38 Å². The zero-order valence-electron chi connectivity index (χ0n) is 11.6. The maximum atomic E-state index is 11.8. The van der Waals surface area contributed by atoms with Crippen molar-refractivity contribution in [1.82, 2.24) is 15.2 Å². The molecule has 2 amide bonds. The number of carbonyl (C=O) groups is 2. The maximum absolute atomic E-state index is 11.8. The summed E-state index contributed by atoms with van der Waals surface area (Å²) >= 11 is 1.57. The van der Waals surface area contributed by atoms with Gasteiger partial charge >= 0.3 is 12.0 Å². The van der Waals surface area contributed by atoms with Crippen molar-refractivity contribution in [2.45, 2.75) is 32.7 Å². The molecule has 0 fully saturated rings. The molecule has 0 unspecified atom stereocenters. The van der Waals surface area contributed by atoms with Gasteiger partial charge in [-0.15, -0.1) is 11.3 Å². The minimum Gasteiger partial charge on any atom is -0.480 e. The third-order valence-electron chi connectivity index (χ3n) is 2.99. The molecule has 0 radical (unpaired) electrons. The van der Waals surface area contributed by atoms with Crippen LogP contribution in [0.3, 0.4) is 0 Å². The van der Waals surface area contributed by atoms with Crippen molar-refractivity contribution < 1.29 is 14.7 Å². The summed E-state index contributed by atoms with van der Waals surface area (Å²) in [5.41, 5.74) is -0.302. The number of carboxylic acids is 1. The van der Waals surface area contributed by atoms with E-state index >= 15 is 0 Å². The Balaban J connectivity index is 2.45. The van der Waals surface area contributed by atoms with Gasteiger partial charge in [0.05, 0.1) is 10.7 Å². The molecule has 0 aliphatic heterocycles. The molecule has 0 bridgehead atoms. The number of thiazole rings is 1. The molecule has 2 N–H and O–H groups in total. The topological polar surface area (TPSA) is 82.5 Å². The van der Waals surface area contributed by atoms with E-state index < -0.39 is 17.5 Å². The lowest BCUT2D eigenvalue weighted by Gasteiger charge is -2.31. The molecule has 1 aromatic heterocycles. The number of carboxylic acid groups (broad SMARTS) is 1. The average Bonchev–Trinajstić information content (AvgIpc) is 2.73. The summed E-state index contributed by atoms with van der Waals surface area (Å²) < 4.78 is 0. The Bertz CT molecular complexity index is 471. The van der Waals surface area contributed by atoms with Gasteiger partial charge < -0.3 is 15.3 Å². The minimum absolute atomic E-state index is 0.403. The van der Waals surface area contributed by atoms with Crippen LogP contribution in [-0.4, -0.2) is 46.1 Å². The Morgan fingerprint density at radius 3 is 2.63 bits per heavy atom. The van der Waals surface area contributed by atoms with Gasteiger partial charge in [0.25, 0.3) is 0 Å². The first-order valence-electron chi connectivity index (χ1n) is 5.91. The predicted octanol–water partition coefficient (Wildman–Crippen LogP) is 1.50. The normalized spacial score (nSPS) is 11.2. The van der Waals surface area contributed by atoms with Gasteiger partial charge in [-0.25, -0.2) is 14.6 Å². The summed E-state index contributed by atoms with van der Waals surface area (Å²) in [6, 6.07) is -0.403. The zero-order chi connectivity index (χ0) is 14.6. The van der Waals surface area contributed by atoms with Crippen molar-refractivity contribution in [1.29, 1.82) is 0 Å². The Hall–Kier alpha value is -1.63. The highest BCUT2D eigenvalue weighted by molar-refractivity contribution is 7.09. The number of nitrogens with one attached hydrogen (secondary N) is 1. The van der Waals surface area contributed by atoms with Crippen LogP contribution >= 0.6 is 11.3 Å². The third-order valence-corrected chi connectivity index (χ3v) is 3.81. The number of aryl methyl sites for hydroxylation is 1. The molecular weight excluding hydrogens is 266 g/mol. The molecular formula is C12H19N3O3S. The fourth-order valence-corrected chi connectivity index (χ4v) is 1.98. The second kappa shape index (κ2) is 6.01. The van der Waals surface area contributed by atoms with E-state index in [2.05, 4.69) is 10.3 Å². The molecule has 0 aliphatic rings. The molecule has 0 saturated heterocycles. The number of aliphatic carboxylic acids is 1. The number of aromatic nitrogens is 1. The largest absolute Gasteiger partial charge is 0.480 e. The number of urea groups is 1. The van der Waals surface area contributed by atoms with Gasteiger partial charge in [0, 0.05) is 25.4 Å². The average molecular weight is 285 g/mol. The number of hydrogen-bond donors (Lipinski definition) is 2. The molecule has 1 heterocycles. The van der Waals surface area contributed by atoms with Gasteiger partial charge in [0.2, 0.25) is 0 Å². The summed E-state index contributed by atoms with van der Waals surface area (Å²) in [7, 11) is 1.47. The van der Waals surface area contributed by atoms with Crippen LogP contribution in [0.1, 0.15) is 24.5 Å². The second-order valence-electron chi connectivity index (χ2n) is 4.76. The highest BCUT2D eigenvalue weighted by Crippen LogP contribution is 2.12. The Morgan fingerprint density at radius 2 is 2.16 bits per heavy atom. The first kappa shape index (κ1) is 15.4. The molecule has 19 heavy (non-hydrogen) atoms. The van der Waals surface area contributed by atoms with Crippen molar-refractivity contribution in [2.75, 3.05) is 13.6 Å². The summed E-state index contributed by atoms with van der Waals surface area (Å²) in [6.45, 7) is 5.33. The molecule has 1 rings (SSSR count). The van der Waals surface area contributed by atoms with Crippen molar-refractivity contribution in [3.63, 3.8) is 0 Å². The molecule has 6 nitrogen and oxygen atoms in total. The van der Waals surface area contributed by atoms with Crippen LogP contribution in [-0.2, 0) is 11.2 Å². The molecule has 0 spiro atoms. The van der Waals surface area contributed by atoms with Crippen molar-refractivity contribution in [3.8, 4) is 0 Å². The van der Waals surface area contributed by atoms with Gasteiger partial charge in [-0.05, 0) is 20.8 Å². The number of likely N-dealkylation sites (N-methyl/N-ethyl adjacent to an activating group) is 1. The maximum Gasteiger partial charge on any atom is 0.329 e. The monoisotopic (exact) mass is 285 g/mol. The number of rotatable bonds is 5. The quantitative estimate of drug-likeness (QED) is 0.859. The number of nitrogens with zero attached hydrogens (tertiary/aromatic N) is 2. The molecule has 106 valence electrons. The summed E-state index contributed by atoms with van der Waals surface area (Å²) in [5.74, 6) is -1.04. The third kappa shape index (κ3) is 3.92. The fraction of sp³-hybridized carbons (Fsp3) is 0.583. The smallest absolute Gasteiger partial charge is 0.329 e. The standard InChI is InChI=1S/C12H19N3O3S/c1-8-14-9(7-19-8)5-6-13-11(18)15(4)12(2,3)10(16)17/h7H,5-6H2,1-4H3,(H,13,18)(H,16,17). The molecule has 7 heteroatoms. The van der Waals surface area contributed by atoms with E-state index in [9.17, 15) is 9.59 Å². The van der Waals surface area contributed by atoms with Gasteiger partial charge in [-0.3, -0.25) is 0 Å². The fourth-order valence-electron chi connectivity index (χ4n) is 1.34. The molecule has 0 aromatic carbocycles. The van der Waals surface area contributed by atoms with E-state index in [0.29, 0.717) is 13.0 Å². The molecule has 0 saturated carbocycles. The van der Waals surface area contributed by atoms with Crippen LogP contribution in [0.5, 0.6) is 0 Å². The van der Waals surface area contributed by atoms with E-state index in [4.69, 9.17) is 5.11 Å². The predicted molar refractivity (Wildman–Crippen MR) is 73.4 cm³/mol. The second-order valence-corrected chi connectivity index (χ2v) is 5.83. The Labute approximate surface area is 116 Å². The summed E-state index contributed by atoms with van der Waals surface area (Å²) in [5, 5.41) is 14.7. The van der Waals surface area contributed by atoms with E-state index in [1.165, 1.54) is 25.8 Å². The molecule has 1 aromatic rings. The van der Waals surface area contributed by atoms with Crippen LogP contribution in [0.25, 0.3) is 0 Å². The van der Waals surface area contributed by atoms with E-state index in [0.717, 1.165) is 10.7 Å². The van der Waals surface area contributed by atoms with Crippen LogP contribution in [0, 0.1) is 6.92 Å². The lowest BCUT2D eigenvalue weighted by Crippen LogP contribution is -2.54. The van der Waals surface area contributed by atoms with Gasteiger partial charge in [-0.1, -0.05) is 0 Å². The van der Waals surface area contributed by atoms with Crippen molar-refractivity contribution in [3.05, 3.63) is 16.1 Å². The summed E-state index contributed by atoms with van der Waals surface area (Å²) in [6.07, 6.45) is 0.636. The van der Waals surface area contributed by atoms with Gasteiger partial charge in [0.1, 0.15) is 5.54 Å². The summed E-state index contributed by atoms with van der Waals surface area (Å²) in [4.78, 5) is 28.3. The lowest BCUT2D eigenvalue weighted by atomic mass is 10.1. The van der Waals surface area contributed by atoms with E-state index in [-0.39, 0.29) is 0 Å². The van der Waals surface area contributed by atoms with E-state index in [1.807, 2.05) is 12.3 Å². The Morgan fingerprint density at radius 1 is 1.53 bits per heavy atom. The zero-order valence-corrected chi connectivity index (χ0v) is 12.4. The van der Waals surface area contributed by atoms with Crippen molar-refractivity contribution >= 4 is 23.3 Å². The highest BCUT2D eigenvalue weighted by atomic mass is 32.1. The van der Waals surface area contributed by atoms with Crippen molar-refractivity contribution in [2.24, 2.45) is 0 Å². The lowest BCUT2D eigenvalue weighted by molar-refractivity contribution is -0.146. The number of carbonyl (C=O) groups excluding carboxylic acids is 1. The Kier molecular flexibility index (Phi) is 4.88.